The quantitative estimate of drug-likeness (QED) is 0.169. The normalized spacial score (nSPS) is 10.4. The number of rotatable bonds is 8. The standard InChI is InChI=1S/C19H19NO5S/c1-3-4-11-25-19(22)15-8-6-5-7-14(15)18(21)13-9-10-17(26-2)16(12-13)20(23)24/h5-10,12H,3-4,11H2,1-2H3. The third-order valence-electron chi connectivity index (χ3n) is 3.76. The molecule has 0 N–H and O–H groups in total. The van der Waals surface area contributed by atoms with E-state index < -0.39 is 16.7 Å². The van der Waals surface area contributed by atoms with Gasteiger partial charge in [0.15, 0.2) is 5.78 Å². The molecule has 0 heterocycles. The second-order valence-electron chi connectivity index (χ2n) is 5.51. The molecule has 2 aromatic carbocycles. The Bertz CT molecular complexity index is 834. The van der Waals surface area contributed by atoms with Crippen molar-refractivity contribution in [1.29, 1.82) is 0 Å². The first kappa shape index (κ1) is 19.7. The van der Waals surface area contributed by atoms with E-state index in [1.165, 1.54) is 42.1 Å². The molecule has 0 aliphatic carbocycles. The number of thioether (sulfide) groups is 1. The molecule has 136 valence electrons. The number of esters is 1. The van der Waals surface area contributed by atoms with Crippen LogP contribution in [0.4, 0.5) is 5.69 Å². The van der Waals surface area contributed by atoms with Crippen molar-refractivity contribution in [3.8, 4) is 0 Å². The predicted molar refractivity (Wildman–Crippen MR) is 99.9 cm³/mol. The fourth-order valence-electron chi connectivity index (χ4n) is 2.38. The van der Waals surface area contributed by atoms with E-state index in [1.807, 2.05) is 6.92 Å². The summed E-state index contributed by atoms with van der Waals surface area (Å²) in [5.74, 6) is -1.03. The zero-order chi connectivity index (χ0) is 19.1. The third-order valence-corrected chi connectivity index (χ3v) is 4.55. The van der Waals surface area contributed by atoms with Crippen LogP contribution in [0.15, 0.2) is 47.4 Å². The molecule has 26 heavy (non-hydrogen) atoms. The second kappa shape index (κ2) is 9.15. The number of benzene rings is 2. The highest BCUT2D eigenvalue weighted by molar-refractivity contribution is 7.98. The molecule has 0 spiro atoms. The topological polar surface area (TPSA) is 86.5 Å². The molecule has 0 fully saturated rings. The van der Waals surface area contributed by atoms with E-state index in [2.05, 4.69) is 0 Å². The molecule has 2 aromatic rings. The molecule has 0 radical (unpaired) electrons. The van der Waals surface area contributed by atoms with Gasteiger partial charge in [-0.05, 0) is 30.9 Å². The number of ketones is 1. The number of ether oxygens (including phenoxy) is 1. The van der Waals surface area contributed by atoms with Crippen LogP contribution in [0, 0.1) is 10.1 Å². The van der Waals surface area contributed by atoms with Crippen molar-refractivity contribution >= 4 is 29.2 Å². The molecule has 0 aromatic heterocycles. The summed E-state index contributed by atoms with van der Waals surface area (Å²) >= 11 is 1.23. The predicted octanol–water partition coefficient (Wildman–Crippen LogP) is 4.50. The first-order chi connectivity index (χ1) is 12.5. The maximum absolute atomic E-state index is 12.8. The molecule has 0 saturated heterocycles. The van der Waals surface area contributed by atoms with Crippen LogP contribution in [0.2, 0.25) is 0 Å². The van der Waals surface area contributed by atoms with Crippen LogP contribution in [0.25, 0.3) is 0 Å². The van der Waals surface area contributed by atoms with E-state index in [-0.39, 0.29) is 29.0 Å². The minimum absolute atomic E-state index is 0.133. The Morgan fingerprint density at radius 1 is 1.15 bits per heavy atom. The summed E-state index contributed by atoms with van der Waals surface area (Å²) in [5.41, 5.74) is 0.347. The van der Waals surface area contributed by atoms with Gasteiger partial charge >= 0.3 is 5.97 Å². The SMILES string of the molecule is CCCCOC(=O)c1ccccc1C(=O)c1ccc(SC)c([N+](=O)[O-])c1. The van der Waals surface area contributed by atoms with Crippen LogP contribution >= 0.6 is 11.8 Å². The summed E-state index contributed by atoms with van der Waals surface area (Å²) < 4.78 is 5.19. The van der Waals surface area contributed by atoms with Crippen molar-refractivity contribution in [2.75, 3.05) is 12.9 Å². The summed E-state index contributed by atoms with van der Waals surface area (Å²) in [6, 6.07) is 10.6. The zero-order valence-corrected chi connectivity index (χ0v) is 15.4. The molecule has 0 unspecified atom stereocenters. The Morgan fingerprint density at radius 3 is 2.46 bits per heavy atom. The fourth-order valence-corrected chi connectivity index (χ4v) is 2.92. The van der Waals surface area contributed by atoms with Gasteiger partial charge in [-0.1, -0.05) is 31.5 Å². The van der Waals surface area contributed by atoms with Crippen LogP contribution in [0.3, 0.4) is 0 Å². The summed E-state index contributed by atoms with van der Waals surface area (Å²) in [4.78, 5) is 36.3. The first-order valence-electron chi connectivity index (χ1n) is 8.12. The van der Waals surface area contributed by atoms with Crippen LogP contribution in [-0.4, -0.2) is 29.5 Å². The van der Waals surface area contributed by atoms with Crippen molar-refractivity contribution in [2.45, 2.75) is 24.7 Å². The van der Waals surface area contributed by atoms with E-state index in [1.54, 1.807) is 18.4 Å². The fraction of sp³-hybridized carbons (Fsp3) is 0.263. The molecule has 0 saturated carbocycles. The van der Waals surface area contributed by atoms with Gasteiger partial charge in [-0.15, -0.1) is 11.8 Å². The van der Waals surface area contributed by atoms with Gasteiger partial charge < -0.3 is 4.74 Å². The summed E-state index contributed by atoms with van der Waals surface area (Å²) in [5, 5.41) is 11.2. The van der Waals surface area contributed by atoms with E-state index >= 15 is 0 Å². The summed E-state index contributed by atoms with van der Waals surface area (Å²) in [6.45, 7) is 2.27. The Morgan fingerprint density at radius 2 is 1.85 bits per heavy atom. The maximum atomic E-state index is 12.8. The Kier molecular flexibility index (Phi) is 6.91. The molecule has 7 heteroatoms. The smallest absolute Gasteiger partial charge is 0.338 e. The van der Waals surface area contributed by atoms with Crippen LogP contribution < -0.4 is 0 Å². The molecular weight excluding hydrogens is 354 g/mol. The minimum atomic E-state index is -0.572. The van der Waals surface area contributed by atoms with Gasteiger partial charge in [-0.3, -0.25) is 14.9 Å². The largest absolute Gasteiger partial charge is 0.462 e. The number of hydrogen-bond donors (Lipinski definition) is 0. The number of nitro groups is 1. The lowest BCUT2D eigenvalue weighted by Gasteiger charge is -2.09. The lowest BCUT2D eigenvalue weighted by Crippen LogP contribution is -2.13. The average molecular weight is 373 g/mol. The van der Waals surface area contributed by atoms with Crippen LogP contribution in [0.5, 0.6) is 0 Å². The molecule has 0 bridgehead atoms. The van der Waals surface area contributed by atoms with E-state index in [0.29, 0.717) is 4.90 Å². The number of carbonyl (C=O) groups excluding carboxylic acids is 2. The molecule has 0 aliphatic rings. The zero-order valence-electron chi connectivity index (χ0n) is 14.6. The van der Waals surface area contributed by atoms with Crippen molar-refractivity contribution in [1.82, 2.24) is 0 Å². The molecule has 0 amide bonds. The van der Waals surface area contributed by atoms with Gasteiger partial charge in [0.25, 0.3) is 5.69 Å². The van der Waals surface area contributed by atoms with Crippen molar-refractivity contribution < 1.29 is 19.2 Å². The maximum Gasteiger partial charge on any atom is 0.338 e. The molecule has 6 nitrogen and oxygen atoms in total. The van der Waals surface area contributed by atoms with Gasteiger partial charge in [0.1, 0.15) is 0 Å². The van der Waals surface area contributed by atoms with Gasteiger partial charge in [0.05, 0.1) is 22.0 Å². The second-order valence-corrected chi connectivity index (χ2v) is 6.36. The lowest BCUT2D eigenvalue weighted by molar-refractivity contribution is -0.387. The molecule has 2 rings (SSSR count). The highest BCUT2D eigenvalue weighted by Crippen LogP contribution is 2.29. The van der Waals surface area contributed by atoms with Gasteiger partial charge in [-0.25, -0.2) is 4.79 Å². The third kappa shape index (κ3) is 4.49. The Labute approximate surface area is 155 Å². The van der Waals surface area contributed by atoms with Crippen molar-refractivity contribution in [3.05, 3.63) is 69.3 Å². The van der Waals surface area contributed by atoms with E-state index in [0.717, 1.165) is 12.8 Å². The number of nitro benzene ring substituents is 1. The number of nitrogens with zero attached hydrogens (tertiary/aromatic N) is 1. The van der Waals surface area contributed by atoms with Gasteiger partial charge in [0.2, 0.25) is 0 Å². The van der Waals surface area contributed by atoms with Crippen molar-refractivity contribution in [2.24, 2.45) is 0 Å². The molecule has 0 aliphatic heterocycles. The summed E-state index contributed by atoms with van der Waals surface area (Å²) in [7, 11) is 0. The van der Waals surface area contributed by atoms with Gasteiger partial charge in [-0.2, -0.15) is 0 Å². The highest BCUT2D eigenvalue weighted by atomic mass is 32.2. The van der Waals surface area contributed by atoms with Crippen molar-refractivity contribution in [3.63, 3.8) is 0 Å². The Hall–Kier alpha value is -2.67. The number of hydrogen-bond acceptors (Lipinski definition) is 6. The molecule has 0 atom stereocenters. The monoisotopic (exact) mass is 373 g/mol. The highest BCUT2D eigenvalue weighted by Gasteiger charge is 2.22. The minimum Gasteiger partial charge on any atom is -0.462 e. The molecular formula is C19H19NO5S. The van der Waals surface area contributed by atoms with Crippen LogP contribution in [-0.2, 0) is 4.74 Å². The Balaban J connectivity index is 2.37. The lowest BCUT2D eigenvalue weighted by atomic mass is 9.98. The van der Waals surface area contributed by atoms with Gasteiger partial charge in [0, 0.05) is 17.2 Å². The van der Waals surface area contributed by atoms with E-state index in [9.17, 15) is 19.7 Å². The van der Waals surface area contributed by atoms with E-state index in [4.69, 9.17) is 4.74 Å². The number of carbonyl (C=O) groups is 2. The average Bonchev–Trinajstić information content (AvgIpc) is 2.66. The van der Waals surface area contributed by atoms with Crippen LogP contribution in [0.1, 0.15) is 46.0 Å². The number of unbranched alkanes of at least 4 members (excludes halogenated alkanes) is 1. The summed E-state index contributed by atoms with van der Waals surface area (Å²) in [6.07, 6.45) is 3.36. The first-order valence-corrected chi connectivity index (χ1v) is 9.35.